The lowest BCUT2D eigenvalue weighted by molar-refractivity contribution is 0.590. The van der Waals surface area contributed by atoms with Gasteiger partial charge in [-0.05, 0) is 23.1 Å². The molecule has 0 saturated heterocycles. The summed E-state index contributed by atoms with van der Waals surface area (Å²) in [6.07, 6.45) is 1.96. The monoisotopic (exact) mass is 277 g/mol. The Morgan fingerprint density at radius 3 is 2.14 bits per heavy atom. The molecule has 0 unspecified atom stereocenters. The predicted octanol–water partition coefficient (Wildman–Crippen LogP) is 4.23. The van der Waals surface area contributed by atoms with E-state index in [0.717, 1.165) is 16.9 Å². The normalized spacial score (nSPS) is 11.6. The molecule has 0 spiro atoms. The van der Waals surface area contributed by atoms with Gasteiger partial charge in [0.1, 0.15) is 5.69 Å². The smallest absolute Gasteiger partial charge is 0.113 e. The van der Waals surface area contributed by atoms with E-state index < -0.39 is 0 Å². The van der Waals surface area contributed by atoms with E-state index in [1.54, 1.807) is 0 Å². The van der Waals surface area contributed by atoms with Crippen LogP contribution in [0.1, 0.15) is 26.3 Å². The highest BCUT2D eigenvalue weighted by atomic mass is 15.4. The molecular formula is C18H19N3. The van der Waals surface area contributed by atoms with Crippen molar-refractivity contribution in [1.29, 1.82) is 0 Å². The standard InChI is InChI=1S/C18H19N3/c1-18(2,3)15-9-11-16(12-10-15)21-13-17(19-20-21)14-7-5-4-6-8-14/h4-13H,1-3H3. The van der Waals surface area contributed by atoms with Gasteiger partial charge in [0.05, 0.1) is 11.9 Å². The SMILES string of the molecule is CC(C)(C)c1ccc(-n2cc(-c3ccccc3)nn2)cc1. The van der Waals surface area contributed by atoms with Crippen LogP contribution in [0, 0.1) is 0 Å². The van der Waals surface area contributed by atoms with Gasteiger partial charge in [0.25, 0.3) is 0 Å². The summed E-state index contributed by atoms with van der Waals surface area (Å²) in [4.78, 5) is 0. The summed E-state index contributed by atoms with van der Waals surface area (Å²) in [6, 6.07) is 18.6. The molecule has 0 saturated carbocycles. The van der Waals surface area contributed by atoms with Gasteiger partial charge in [-0.1, -0.05) is 68.4 Å². The molecule has 0 fully saturated rings. The Morgan fingerprint density at radius 1 is 0.857 bits per heavy atom. The quantitative estimate of drug-likeness (QED) is 0.701. The van der Waals surface area contributed by atoms with Crippen LogP contribution in [-0.2, 0) is 5.41 Å². The van der Waals surface area contributed by atoms with E-state index in [-0.39, 0.29) is 5.41 Å². The molecule has 0 atom stereocenters. The summed E-state index contributed by atoms with van der Waals surface area (Å²) in [5, 5.41) is 8.47. The van der Waals surface area contributed by atoms with Gasteiger partial charge in [0, 0.05) is 5.56 Å². The lowest BCUT2D eigenvalue weighted by atomic mass is 9.87. The molecule has 21 heavy (non-hydrogen) atoms. The van der Waals surface area contributed by atoms with Crippen LogP contribution in [0.2, 0.25) is 0 Å². The fraction of sp³-hybridized carbons (Fsp3) is 0.222. The second kappa shape index (κ2) is 5.17. The molecule has 0 aliphatic rings. The third-order valence-electron chi connectivity index (χ3n) is 3.56. The average Bonchev–Trinajstić information content (AvgIpc) is 2.97. The van der Waals surface area contributed by atoms with Gasteiger partial charge in [-0.3, -0.25) is 0 Å². The number of hydrogen-bond donors (Lipinski definition) is 0. The summed E-state index contributed by atoms with van der Waals surface area (Å²) >= 11 is 0. The number of rotatable bonds is 2. The topological polar surface area (TPSA) is 30.7 Å². The molecule has 0 radical (unpaired) electrons. The van der Waals surface area contributed by atoms with Gasteiger partial charge in [0.15, 0.2) is 0 Å². The molecule has 0 aliphatic heterocycles. The summed E-state index contributed by atoms with van der Waals surface area (Å²) in [6.45, 7) is 6.64. The maximum atomic E-state index is 4.25. The number of hydrogen-bond acceptors (Lipinski definition) is 2. The van der Waals surface area contributed by atoms with Crippen LogP contribution < -0.4 is 0 Å². The average molecular weight is 277 g/mol. The molecule has 106 valence electrons. The van der Waals surface area contributed by atoms with E-state index in [4.69, 9.17) is 0 Å². The van der Waals surface area contributed by atoms with Crippen molar-refractivity contribution in [2.75, 3.05) is 0 Å². The zero-order valence-electron chi connectivity index (χ0n) is 12.6. The minimum atomic E-state index is 0.163. The Labute approximate surface area is 125 Å². The first-order valence-corrected chi connectivity index (χ1v) is 7.13. The number of aromatic nitrogens is 3. The Hall–Kier alpha value is -2.42. The zero-order chi connectivity index (χ0) is 14.9. The highest BCUT2D eigenvalue weighted by Gasteiger charge is 2.13. The van der Waals surface area contributed by atoms with Gasteiger partial charge in [-0.2, -0.15) is 0 Å². The first-order valence-electron chi connectivity index (χ1n) is 7.13. The van der Waals surface area contributed by atoms with Crippen LogP contribution in [0.15, 0.2) is 60.8 Å². The summed E-state index contributed by atoms with van der Waals surface area (Å²) in [5.41, 5.74) is 4.47. The van der Waals surface area contributed by atoms with E-state index >= 15 is 0 Å². The van der Waals surface area contributed by atoms with Crippen molar-refractivity contribution < 1.29 is 0 Å². The van der Waals surface area contributed by atoms with Crippen molar-refractivity contribution in [3.8, 4) is 16.9 Å². The molecule has 2 aromatic carbocycles. The van der Waals surface area contributed by atoms with Gasteiger partial charge < -0.3 is 0 Å². The second-order valence-corrected chi connectivity index (χ2v) is 6.21. The van der Waals surface area contributed by atoms with E-state index in [2.05, 4.69) is 55.3 Å². The maximum Gasteiger partial charge on any atom is 0.113 e. The van der Waals surface area contributed by atoms with Crippen molar-refractivity contribution in [1.82, 2.24) is 15.0 Å². The van der Waals surface area contributed by atoms with Crippen LogP contribution >= 0.6 is 0 Å². The van der Waals surface area contributed by atoms with Crippen molar-refractivity contribution >= 4 is 0 Å². The highest BCUT2D eigenvalue weighted by Crippen LogP contribution is 2.23. The number of benzene rings is 2. The molecule has 0 aliphatic carbocycles. The Morgan fingerprint density at radius 2 is 1.52 bits per heavy atom. The summed E-state index contributed by atoms with van der Waals surface area (Å²) < 4.78 is 1.81. The van der Waals surface area contributed by atoms with Crippen LogP contribution in [0.5, 0.6) is 0 Å². The second-order valence-electron chi connectivity index (χ2n) is 6.21. The fourth-order valence-electron chi connectivity index (χ4n) is 2.25. The van der Waals surface area contributed by atoms with E-state index in [9.17, 15) is 0 Å². The molecule has 3 rings (SSSR count). The van der Waals surface area contributed by atoms with Crippen LogP contribution in [-0.4, -0.2) is 15.0 Å². The molecule has 1 aromatic heterocycles. The molecule has 0 amide bonds. The van der Waals surface area contributed by atoms with Gasteiger partial charge in [-0.25, -0.2) is 4.68 Å². The Balaban J connectivity index is 1.90. The van der Waals surface area contributed by atoms with E-state index in [0.29, 0.717) is 0 Å². The maximum absolute atomic E-state index is 4.25. The molecule has 3 nitrogen and oxygen atoms in total. The largest absolute Gasteiger partial charge is 0.220 e. The molecule has 3 aromatic rings. The van der Waals surface area contributed by atoms with E-state index in [1.807, 2.05) is 41.2 Å². The molecule has 3 heteroatoms. The Bertz CT molecular complexity index is 719. The minimum Gasteiger partial charge on any atom is -0.220 e. The van der Waals surface area contributed by atoms with Crippen LogP contribution in [0.3, 0.4) is 0 Å². The summed E-state index contributed by atoms with van der Waals surface area (Å²) in [7, 11) is 0. The van der Waals surface area contributed by atoms with Crippen LogP contribution in [0.25, 0.3) is 16.9 Å². The number of nitrogens with zero attached hydrogens (tertiary/aromatic N) is 3. The van der Waals surface area contributed by atoms with Gasteiger partial charge in [-0.15, -0.1) is 5.10 Å². The van der Waals surface area contributed by atoms with Gasteiger partial charge in [0.2, 0.25) is 0 Å². The summed E-state index contributed by atoms with van der Waals surface area (Å²) in [5.74, 6) is 0. The highest BCUT2D eigenvalue weighted by molar-refractivity contribution is 5.57. The van der Waals surface area contributed by atoms with Crippen molar-refractivity contribution in [3.63, 3.8) is 0 Å². The van der Waals surface area contributed by atoms with E-state index in [1.165, 1.54) is 5.56 Å². The lowest BCUT2D eigenvalue weighted by Gasteiger charge is -2.18. The van der Waals surface area contributed by atoms with Crippen molar-refractivity contribution in [2.24, 2.45) is 0 Å². The lowest BCUT2D eigenvalue weighted by Crippen LogP contribution is -2.10. The zero-order valence-corrected chi connectivity index (χ0v) is 12.6. The van der Waals surface area contributed by atoms with Crippen molar-refractivity contribution in [3.05, 3.63) is 66.4 Å². The van der Waals surface area contributed by atoms with Crippen molar-refractivity contribution in [2.45, 2.75) is 26.2 Å². The Kier molecular flexibility index (Phi) is 3.34. The minimum absolute atomic E-state index is 0.163. The third kappa shape index (κ3) is 2.87. The fourth-order valence-corrected chi connectivity index (χ4v) is 2.25. The molecule has 1 heterocycles. The molecule has 0 N–H and O–H groups in total. The van der Waals surface area contributed by atoms with Gasteiger partial charge >= 0.3 is 0 Å². The van der Waals surface area contributed by atoms with Crippen LogP contribution in [0.4, 0.5) is 0 Å². The molecule has 0 bridgehead atoms. The predicted molar refractivity (Wildman–Crippen MR) is 85.5 cm³/mol. The third-order valence-corrected chi connectivity index (χ3v) is 3.56. The first kappa shape index (κ1) is 13.6. The first-order chi connectivity index (χ1) is 10.0. The molecular weight excluding hydrogens is 258 g/mol.